The van der Waals surface area contributed by atoms with Gasteiger partial charge in [0.05, 0.1) is 31.2 Å². The lowest BCUT2D eigenvalue weighted by Crippen LogP contribution is -2.21. The minimum Gasteiger partial charge on any atom is -0.502 e. The molecular weight excluding hydrogens is 400 g/mol. The molecule has 26 heavy (non-hydrogen) atoms. The van der Waals surface area contributed by atoms with Crippen molar-refractivity contribution >= 4 is 39.3 Å². The smallest absolute Gasteiger partial charge is 0.280 e. The van der Waals surface area contributed by atoms with Crippen LogP contribution in [-0.4, -0.2) is 30.9 Å². The summed E-state index contributed by atoms with van der Waals surface area (Å²) in [5, 5.41) is 15.7. The van der Waals surface area contributed by atoms with E-state index in [1.165, 1.54) is 19.2 Å². The van der Waals surface area contributed by atoms with Gasteiger partial charge in [0.25, 0.3) is 5.91 Å². The van der Waals surface area contributed by atoms with Crippen LogP contribution in [-0.2, 0) is 4.79 Å². The van der Waals surface area contributed by atoms with Crippen molar-refractivity contribution in [3.05, 3.63) is 52.0 Å². The summed E-state index contributed by atoms with van der Waals surface area (Å²) < 4.78 is 11.2. The fraction of sp³-hybridized carbons (Fsp3) is 0.158. The number of aromatic hydroxyl groups is 1. The van der Waals surface area contributed by atoms with Crippen molar-refractivity contribution in [3.8, 4) is 17.2 Å². The molecule has 134 valence electrons. The summed E-state index contributed by atoms with van der Waals surface area (Å²) in [6, 6.07) is 10.6. The first-order valence-corrected chi connectivity index (χ1v) is 8.56. The molecule has 0 unspecified atom stereocenters. The highest BCUT2D eigenvalue weighted by Crippen LogP contribution is 2.38. The summed E-state index contributed by atoms with van der Waals surface area (Å²) >= 11 is 3.38. The number of rotatable bonds is 4. The molecule has 7 heteroatoms. The molecule has 1 aliphatic rings. The van der Waals surface area contributed by atoms with E-state index in [0.29, 0.717) is 22.5 Å². The molecule has 0 aliphatic carbocycles. The number of halogens is 1. The highest BCUT2D eigenvalue weighted by molar-refractivity contribution is 9.10. The van der Waals surface area contributed by atoms with Gasteiger partial charge in [-0.1, -0.05) is 15.9 Å². The van der Waals surface area contributed by atoms with E-state index in [-0.39, 0.29) is 23.2 Å². The van der Waals surface area contributed by atoms with E-state index in [4.69, 9.17) is 9.47 Å². The van der Waals surface area contributed by atoms with Crippen molar-refractivity contribution in [1.82, 2.24) is 0 Å². The average Bonchev–Trinajstić information content (AvgIpc) is 2.91. The van der Waals surface area contributed by atoms with E-state index in [2.05, 4.69) is 21.0 Å². The molecule has 2 aromatic carbocycles. The van der Waals surface area contributed by atoms with E-state index < -0.39 is 0 Å². The van der Waals surface area contributed by atoms with Crippen molar-refractivity contribution in [2.45, 2.75) is 6.92 Å². The molecule has 0 fully saturated rings. The zero-order valence-corrected chi connectivity index (χ0v) is 16.1. The van der Waals surface area contributed by atoms with Gasteiger partial charge >= 0.3 is 0 Å². The number of methoxy groups -OCH3 is 2. The number of hydrazone groups is 1. The molecule has 1 N–H and O–H groups in total. The third-order valence-corrected chi connectivity index (χ3v) is 4.48. The first-order valence-electron chi connectivity index (χ1n) is 7.77. The van der Waals surface area contributed by atoms with Gasteiger partial charge in [0, 0.05) is 4.47 Å². The molecule has 0 saturated heterocycles. The van der Waals surface area contributed by atoms with Crippen molar-refractivity contribution in [2.75, 3.05) is 19.2 Å². The van der Waals surface area contributed by atoms with Crippen LogP contribution < -0.4 is 14.5 Å². The number of hydrogen-bond acceptors (Lipinski definition) is 5. The molecular formula is C19H17BrN2O4. The molecule has 3 rings (SSSR count). The van der Waals surface area contributed by atoms with Gasteiger partial charge in [0.1, 0.15) is 0 Å². The number of nitrogens with zero attached hydrogens (tertiary/aromatic N) is 2. The Bertz CT molecular complexity index is 895. The van der Waals surface area contributed by atoms with E-state index >= 15 is 0 Å². The standard InChI is InChI=1S/C19H17BrN2O4/c1-11-15(8-12-9-16(25-2)18(23)17(10-12)26-3)19(24)22(21-11)14-6-4-13(20)5-7-14/h4-10,23H,1-3H3/b15-8+. The van der Waals surface area contributed by atoms with Gasteiger partial charge in [-0.2, -0.15) is 10.1 Å². The third kappa shape index (κ3) is 3.30. The Balaban J connectivity index is 1.98. The number of phenols is 1. The Labute approximate surface area is 159 Å². The van der Waals surface area contributed by atoms with Gasteiger partial charge in [0.15, 0.2) is 11.5 Å². The van der Waals surface area contributed by atoms with Gasteiger partial charge in [-0.15, -0.1) is 0 Å². The average molecular weight is 417 g/mol. The van der Waals surface area contributed by atoms with Crippen molar-refractivity contribution in [1.29, 1.82) is 0 Å². The second kappa shape index (κ2) is 7.21. The molecule has 0 spiro atoms. The Morgan fingerprint density at radius 1 is 1.12 bits per heavy atom. The van der Waals surface area contributed by atoms with Crippen LogP contribution in [0.15, 0.2) is 51.5 Å². The lowest BCUT2D eigenvalue weighted by molar-refractivity contribution is -0.114. The van der Waals surface area contributed by atoms with Crippen molar-refractivity contribution in [2.24, 2.45) is 5.10 Å². The van der Waals surface area contributed by atoms with Crippen LogP contribution in [0.1, 0.15) is 12.5 Å². The van der Waals surface area contributed by atoms with Crippen molar-refractivity contribution < 1.29 is 19.4 Å². The molecule has 0 radical (unpaired) electrons. The topological polar surface area (TPSA) is 71.4 Å². The van der Waals surface area contributed by atoms with Crippen LogP contribution in [0.5, 0.6) is 17.2 Å². The molecule has 1 amide bonds. The Morgan fingerprint density at radius 3 is 2.23 bits per heavy atom. The second-order valence-electron chi connectivity index (χ2n) is 5.61. The number of ether oxygens (including phenoxy) is 2. The summed E-state index contributed by atoms with van der Waals surface area (Å²) in [6.07, 6.45) is 1.70. The minimum atomic E-state index is -0.226. The summed E-state index contributed by atoms with van der Waals surface area (Å²) in [4.78, 5) is 12.8. The molecule has 0 saturated carbocycles. The highest BCUT2D eigenvalue weighted by atomic mass is 79.9. The van der Waals surface area contributed by atoms with Gasteiger partial charge in [-0.3, -0.25) is 4.79 Å². The van der Waals surface area contributed by atoms with Gasteiger partial charge in [-0.25, -0.2) is 0 Å². The second-order valence-corrected chi connectivity index (χ2v) is 6.53. The van der Waals surface area contributed by atoms with Gasteiger partial charge < -0.3 is 14.6 Å². The minimum absolute atomic E-state index is 0.0863. The maximum atomic E-state index is 12.8. The number of carbonyl (C=O) groups is 1. The monoisotopic (exact) mass is 416 g/mol. The fourth-order valence-corrected chi connectivity index (χ4v) is 2.87. The molecule has 6 nitrogen and oxygen atoms in total. The molecule has 0 bridgehead atoms. The largest absolute Gasteiger partial charge is 0.502 e. The number of hydrogen-bond donors (Lipinski definition) is 1. The maximum absolute atomic E-state index is 12.8. The number of benzene rings is 2. The summed E-state index contributed by atoms with van der Waals surface area (Å²) in [7, 11) is 2.90. The predicted molar refractivity (Wildman–Crippen MR) is 104 cm³/mol. The van der Waals surface area contributed by atoms with E-state index in [9.17, 15) is 9.90 Å². The predicted octanol–water partition coefficient (Wildman–Crippen LogP) is 3.98. The zero-order chi connectivity index (χ0) is 18.8. The van der Waals surface area contributed by atoms with Gasteiger partial charge in [0.2, 0.25) is 5.75 Å². The third-order valence-electron chi connectivity index (χ3n) is 3.95. The first-order chi connectivity index (χ1) is 12.4. The Hall–Kier alpha value is -2.80. The fourth-order valence-electron chi connectivity index (χ4n) is 2.61. The van der Waals surface area contributed by atoms with E-state index in [1.807, 2.05) is 24.3 Å². The Morgan fingerprint density at radius 2 is 1.69 bits per heavy atom. The van der Waals surface area contributed by atoms with Crippen LogP contribution in [0.2, 0.25) is 0 Å². The SMILES string of the molecule is COc1cc(/C=C2/C(=O)N(c3ccc(Br)cc3)N=C2C)cc(OC)c1O. The first kappa shape index (κ1) is 18.0. The van der Waals surface area contributed by atoms with Crippen molar-refractivity contribution in [3.63, 3.8) is 0 Å². The summed E-state index contributed by atoms with van der Waals surface area (Å²) in [6.45, 7) is 1.78. The van der Waals surface area contributed by atoms with Crippen LogP contribution in [0.25, 0.3) is 6.08 Å². The number of phenolic OH excluding ortho intramolecular Hbond substituents is 1. The lowest BCUT2D eigenvalue weighted by Gasteiger charge is -2.12. The number of carbonyl (C=O) groups excluding carboxylic acids is 1. The Kier molecular flexibility index (Phi) is 4.99. The van der Waals surface area contributed by atoms with Crippen LogP contribution in [0.3, 0.4) is 0 Å². The van der Waals surface area contributed by atoms with E-state index in [1.54, 1.807) is 25.1 Å². The molecule has 0 aromatic heterocycles. The maximum Gasteiger partial charge on any atom is 0.280 e. The van der Waals surface area contributed by atoms with Gasteiger partial charge in [-0.05, 0) is 55.0 Å². The molecule has 0 atom stereocenters. The van der Waals surface area contributed by atoms with Crippen LogP contribution >= 0.6 is 15.9 Å². The van der Waals surface area contributed by atoms with Crippen LogP contribution in [0, 0.1) is 0 Å². The number of anilines is 1. The normalized spacial score (nSPS) is 15.4. The zero-order valence-electron chi connectivity index (χ0n) is 14.5. The van der Waals surface area contributed by atoms with Crippen LogP contribution in [0.4, 0.5) is 5.69 Å². The van der Waals surface area contributed by atoms with E-state index in [0.717, 1.165) is 4.47 Å². The quantitative estimate of drug-likeness (QED) is 0.765. The number of amides is 1. The highest BCUT2D eigenvalue weighted by Gasteiger charge is 2.28. The molecule has 1 heterocycles. The molecule has 2 aromatic rings. The molecule has 1 aliphatic heterocycles. The summed E-state index contributed by atoms with van der Waals surface area (Å²) in [5.41, 5.74) is 2.40. The summed E-state index contributed by atoms with van der Waals surface area (Å²) in [5.74, 6) is 0.217. The lowest BCUT2D eigenvalue weighted by atomic mass is 10.1.